The lowest BCUT2D eigenvalue weighted by molar-refractivity contribution is -0.169. The highest BCUT2D eigenvalue weighted by atomic mass is 16.4. The molecule has 0 saturated heterocycles. The second kappa shape index (κ2) is 5.94. The van der Waals surface area contributed by atoms with Gasteiger partial charge in [0.05, 0.1) is 23.7 Å². The summed E-state index contributed by atoms with van der Waals surface area (Å²) in [6.07, 6.45) is 0.587. The van der Waals surface area contributed by atoms with E-state index in [0.29, 0.717) is 6.42 Å². The van der Waals surface area contributed by atoms with Crippen molar-refractivity contribution in [3.8, 4) is 0 Å². The fourth-order valence-electron chi connectivity index (χ4n) is 4.14. The molecule has 8 heteroatoms. The summed E-state index contributed by atoms with van der Waals surface area (Å²) in [6.45, 7) is 0. The van der Waals surface area contributed by atoms with Crippen LogP contribution in [-0.4, -0.2) is 44.3 Å². The van der Waals surface area contributed by atoms with Crippen LogP contribution < -0.4 is 0 Å². The standard InChI is InChI=1S/C14H18O8/c15-11(16)6-2-1-5-3-8(12(17)18)9(13(19)20)4-7(5)10(6)14(21)22/h5-10H,1-4H2,(H,15,16)(H,17,18)(H,19,20)(H,21,22). The lowest BCUT2D eigenvalue weighted by Crippen LogP contribution is -2.49. The number of fused-ring (bicyclic) bond motifs is 1. The molecule has 0 aromatic rings. The number of aliphatic carboxylic acids is 4. The number of hydrogen-bond acceptors (Lipinski definition) is 4. The van der Waals surface area contributed by atoms with Crippen molar-refractivity contribution in [3.05, 3.63) is 0 Å². The molecule has 2 fully saturated rings. The second-order valence-electron chi connectivity index (χ2n) is 6.17. The Bertz CT molecular complexity index is 501. The van der Waals surface area contributed by atoms with Gasteiger partial charge in [0, 0.05) is 0 Å². The number of carboxylic acids is 4. The van der Waals surface area contributed by atoms with Gasteiger partial charge in [-0.3, -0.25) is 19.2 Å². The van der Waals surface area contributed by atoms with E-state index in [4.69, 9.17) is 0 Å². The van der Waals surface area contributed by atoms with E-state index < -0.39 is 53.5 Å². The van der Waals surface area contributed by atoms with E-state index >= 15 is 0 Å². The van der Waals surface area contributed by atoms with Gasteiger partial charge < -0.3 is 20.4 Å². The average molecular weight is 314 g/mol. The number of carbonyl (C=O) groups is 4. The predicted molar refractivity (Wildman–Crippen MR) is 70.0 cm³/mol. The zero-order valence-electron chi connectivity index (χ0n) is 11.7. The summed E-state index contributed by atoms with van der Waals surface area (Å²) in [5.41, 5.74) is 0. The quantitative estimate of drug-likeness (QED) is 0.589. The molecule has 0 aliphatic heterocycles. The molecule has 6 unspecified atom stereocenters. The van der Waals surface area contributed by atoms with E-state index in [1.807, 2.05) is 0 Å². The smallest absolute Gasteiger partial charge is 0.307 e. The van der Waals surface area contributed by atoms with Crippen molar-refractivity contribution in [2.75, 3.05) is 0 Å². The van der Waals surface area contributed by atoms with Crippen molar-refractivity contribution in [1.29, 1.82) is 0 Å². The first-order valence-corrected chi connectivity index (χ1v) is 7.15. The van der Waals surface area contributed by atoms with Crippen molar-refractivity contribution in [2.24, 2.45) is 35.5 Å². The lowest BCUT2D eigenvalue weighted by atomic mass is 9.57. The van der Waals surface area contributed by atoms with Gasteiger partial charge in [0.15, 0.2) is 0 Å². The van der Waals surface area contributed by atoms with Crippen molar-refractivity contribution < 1.29 is 39.6 Å². The molecule has 2 aliphatic rings. The van der Waals surface area contributed by atoms with Gasteiger partial charge in [-0.05, 0) is 37.5 Å². The third-order valence-corrected chi connectivity index (χ3v) is 5.15. The molecule has 122 valence electrons. The minimum atomic E-state index is -1.27. The SMILES string of the molecule is O=C(O)C1CC2CCC(C(=O)O)C(C(=O)O)C2CC1C(=O)O. The normalized spacial score (nSPS) is 37.8. The second-order valence-corrected chi connectivity index (χ2v) is 6.17. The Labute approximate surface area is 125 Å². The Morgan fingerprint density at radius 1 is 0.636 bits per heavy atom. The van der Waals surface area contributed by atoms with Gasteiger partial charge in [-0.25, -0.2) is 0 Å². The highest BCUT2D eigenvalue weighted by molar-refractivity contribution is 5.82. The highest BCUT2D eigenvalue weighted by Crippen LogP contribution is 2.50. The maximum absolute atomic E-state index is 11.5. The maximum atomic E-state index is 11.5. The van der Waals surface area contributed by atoms with Crippen LogP contribution in [0.15, 0.2) is 0 Å². The molecule has 2 aliphatic carbocycles. The molecule has 0 bridgehead atoms. The van der Waals surface area contributed by atoms with E-state index in [-0.39, 0.29) is 25.2 Å². The van der Waals surface area contributed by atoms with Crippen LogP contribution in [0.2, 0.25) is 0 Å². The van der Waals surface area contributed by atoms with Crippen molar-refractivity contribution in [2.45, 2.75) is 25.7 Å². The Kier molecular flexibility index (Phi) is 4.39. The molecule has 2 saturated carbocycles. The molecule has 8 nitrogen and oxygen atoms in total. The Morgan fingerprint density at radius 3 is 1.59 bits per heavy atom. The van der Waals surface area contributed by atoms with E-state index in [1.165, 1.54) is 0 Å². The van der Waals surface area contributed by atoms with E-state index in [2.05, 4.69) is 0 Å². The molecule has 0 heterocycles. The minimum Gasteiger partial charge on any atom is -0.481 e. The number of rotatable bonds is 4. The summed E-state index contributed by atoms with van der Waals surface area (Å²) in [5.74, 6) is -10.2. The van der Waals surface area contributed by atoms with E-state index in [9.17, 15) is 39.6 Å². The van der Waals surface area contributed by atoms with E-state index in [1.54, 1.807) is 0 Å². The van der Waals surface area contributed by atoms with Gasteiger partial charge in [0.1, 0.15) is 0 Å². The summed E-state index contributed by atoms with van der Waals surface area (Å²) in [6, 6.07) is 0. The molecule has 0 aromatic heterocycles. The van der Waals surface area contributed by atoms with Crippen LogP contribution in [0.4, 0.5) is 0 Å². The Morgan fingerprint density at radius 2 is 1.14 bits per heavy atom. The predicted octanol–water partition coefficient (Wildman–Crippen LogP) is 0.610. The van der Waals surface area contributed by atoms with Crippen molar-refractivity contribution in [3.63, 3.8) is 0 Å². The molecule has 22 heavy (non-hydrogen) atoms. The minimum absolute atomic E-state index is 0.0904. The summed E-state index contributed by atoms with van der Waals surface area (Å²) < 4.78 is 0. The summed E-state index contributed by atoms with van der Waals surface area (Å²) in [4.78, 5) is 45.3. The molecule has 0 radical (unpaired) electrons. The molecule has 0 aromatic carbocycles. The van der Waals surface area contributed by atoms with E-state index in [0.717, 1.165) is 0 Å². The zero-order valence-corrected chi connectivity index (χ0v) is 11.7. The first kappa shape index (κ1) is 16.3. The van der Waals surface area contributed by atoms with Gasteiger partial charge in [-0.1, -0.05) is 0 Å². The highest BCUT2D eigenvalue weighted by Gasteiger charge is 2.53. The molecule has 4 N–H and O–H groups in total. The summed E-state index contributed by atoms with van der Waals surface area (Å²) >= 11 is 0. The van der Waals surface area contributed by atoms with Crippen LogP contribution in [0, 0.1) is 35.5 Å². The summed E-state index contributed by atoms with van der Waals surface area (Å²) in [7, 11) is 0. The first-order chi connectivity index (χ1) is 10.2. The van der Waals surface area contributed by atoms with Gasteiger partial charge in [0.2, 0.25) is 0 Å². The zero-order chi connectivity index (χ0) is 16.6. The summed E-state index contributed by atoms with van der Waals surface area (Å²) in [5, 5.41) is 37.0. The molecule has 0 amide bonds. The molecular formula is C14H18O8. The lowest BCUT2D eigenvalue weighted by Gasteiger charge is -2.45. The largest absolute Gasteiger partial charge is 0.481 e. The van der Waals surface area contributed by atoms with Crippen molar-refractivity contribution >= 4 is 23.9 Å². The topological polar surface area (TPSA) is 149 Å². The van der Waals surface area contributed by atoms with Gasteiger partial charge in [0.25, 0.3) is 0 Å². The van der Waals surface area contributed by atoms with Crippen LogP contribution >= 0.6 is 0 Å². The third-order valence-electron chi connectivity index (χ3n) is 5.15. The Hall–Kier alpha value is -2.12. The molecule has 2 rings (SSSR count). The first-order valence-electron chi connectivity index (χ1n) is 7.15. The van der Waals surface area contributed by atoms with Crippen LogP contribution in [0.1, 0.15) is 25.7 Å². The van der Waals surface area contributed by atoms with Crippen LogP contribution in [0.3, 0.4) is 0 Å². The van der Waals surface area contributed by atoms with Crippen LogP contribution in [0.5, 0.6) is 0 Å². The van der Waals surface area contributed by atoms with Gasteiger partial charge in [-0.15, -0.1) is 0 Å². The van der Waals surface area contributed by atoms with Gasteiger partial charge in [-0.2, -0.15) is 0 Å². The molecular weight excluding hydrogens is 296 g/mol. The van der Waals surface area contributed by atoms with Crippen LogP contribution in [-0.2, 0) is 19.2 Å². The third kappa shape index (κ3) is 2.77. The fourth-order valence-corrected chi connectivity index (χ4v) is 4.14. The molecule has 6 atom stereocenters. The maximum Gasteiger partial charge on any atom is 0.307 e. The monoisotopic (exact) mass is 314 g/mol. The fraction of sp³-hybridized carbons (Fsp3) is 0.714. The van der Waals surface area contributed by atoms with Crippen molar-refractivity contribution in [1.82, 2.24) is 0 Å². The van der Waals surface area contributed by atoms with Gasteiger partial charge >= 0.3 is 23.9 Å². The number of hydrogen-bond donors (Lipinski definition) is 4. The molecule has 0 spiro atoms. The van der Waals surface area contributed by atoms with Crippen LogP contribution in [0.25, 0.3) is 0 Å². The average Bonchev–Trinajstić information content (AvgIpc) is 2.43. The Balaban J connectivity index is 2.32. The number of carboxylic acid groups (broad SMARTS) is 4.